The largest absolute Gasteiger partial charge is 0.452 e. The highest BCUT2D eigenvalue weighted by Gasteiger charge is 2.23. The van der Waals surface area contributed by atoms with Gasteiger partial charge in [-0.1, -0.05) is 31.9 Å². The van der Waals surface area contributed by atoms with Crippen molar-refractivity contribution in [2.75, 3.05) is 6.61 Å². The molecule has 1 aliphatic carbocycles. The van der Waals surface area contributed by atoms with Crippen LogP contribution in [0.3, 0.4) is 0 Å². The van der Waals surface area contributed by atoms with Crippen LogP contribution in [-0.2, 0) is 15.3 Å². The highest BCUT2D eigenvalue weighted by molar-refractivity contribution is 7.98. The number of rotatable bonds is 7. The van der Waals surface area contributed by atoms with Crippen LogP contribution < -0.4 is 5.32 Å². The molecular weight excluding hydrogens is 380 g/mol. The maximum Gasteiger partial charge on any atom is 0.339 e. The zero-order chi connectivity index (χ0) is 19.1. The molecule has 1 saturated carbocycles. The second-order valence-corrected chi connectivity index (χ2v) is 8.51. The summed E-state index contributed by atoms with van der Waals surface area (Å²) in [7, 11) is 0. The molecule has 3 rings (SSSR count). The predicted molar refractivity (Wildman–Crippen MR) is 108 cm³/mol. The quantitative estimate of drug-likeness (QED) is 0.551. The monoisotopic (exact) mass is 404 g/mol. The second-order valence-electron chi connectivity index (χ2n) is 6.78. The van der Waals surface area contributed by atoms with Crippen molar-refractivity contribution in [2.45, 2.75) is 49.3 Å². The Balaban J connectivity index is 1.52. The van der Waals surface area contributed by atoms with Crippen molar-refractivity contribution < 1.29 is 14.3 Å². The zero-order valence-corrected chi connectivity index (χ0v) is 17.0. The minimum absolute atomic E-state index is 0.186. The summed E-state index contributed by atoms with van der Waals surface area (Å²) in [5.41, 5.74) is 3.26. The van der Waals surface area contributed by atoms with Crippen molar-refractivity contribution in [3.63, 3.8) is 0 Å². The summed E-state index contributed by atoms with van der Waals surface area (Å²) in [5, 5.41) is 5.00. The predicted octanol–water partition coefficient (Wildman–Crippen LogP) is 4.29. The van der Waals surface area contributed by atoms with Gasteiger partial charge in [0.05, 0.1) is 16.8 Å². The van der Waals surface area contributed by atoms with E-state index in [1.807, 2.05) is 17.5 Å². The summed E-state index contributed by atoms with van der Waals surface area (Å²) < 4.78 is 5.27. The number of benzene rings is 1. The molecule has 2 atom stereocenters. The number of ether oxygens (including phenoxy) is 1. The normalized spacial score (nSPS) is 19.4. The lowest BCUT2D eigenvalue weighted by Crippen LogP contribution is -2.42. The fourth-order valence-electron chi connectivity index (χ4n) is 3.21. The van der Waals surface area contributed by atoms with Crippen LogP contribution in [0.2, 0.25) is 0 Å². The summed E-state index contributed by atoms with van der Waals surface area (Å²) in [6, 6.07) is 7.49. The number of hydrogen-bond acceptors (Lipinski definition) is 6. The number of amides is 1. The van der Waals surface area contributed by atoms with Gasteiger partial charge in [0.25, 0.3) is 5.91 Å². The Morgan fingerprint density at radius 1 is 1.30 bits per heavy atom. The van der Waals surface area contributed by atoms with Gasteiger partial charge in [0.15, 0.2) is 6.61 Å². The highest BCUT2D eigenvalue weighted by atomic mass is 32.2. The van der Waals surface area contributed by atoms with Crippen LogP contribution >= 0.6 is 23.1 Å². The van der Waals surface area contributed by atoms with Crippen LogP contribution in [0.5, 0.6) is 0 Å². The van der Waals surface area contributed by atoms with Gasteiger partial charge in [0.2, 0.25) is 0 Å². The Kier molecular flexibility index (Phi) is 7.29. The van der Waals surface area contributed by atoms with Crippen molar-refractivity contribution in [1.82, 2.24) is 10.3 Å². The summed E-state index contributed by atoms with van der Waals surface area (Å²) >= 11 is 3.09. The molecular formula is C20H24N2O3S2. The van der Waals surface area contributed by atoms with Gasteiger partial charge in [-0.15, -0.1) is 23.1 Å². The van der Waals surface area contributed by atoms with Crippen LogP contribution in [-0.4, -0.2) is 29.5 Å². The van der Waals surface area contributed by atoms with Crippen LogP contribution in [0.4, 0.5) is 0 Å². The van der Waals surface area contributed by atoms with Crippen molar-refractivity contribution >= 4 is 35.0 Å². The lowest BCUT2D eigenvalue weighted by atomic mass is 9.86. The minimum atomic E-state index is -0.469. The van der Waals surface area contributed by atoms with Gasteiger partial charge in [0.1, 0.15) is 0 Å². The molecule has 1 aromatic carbocycles. The van der Waals surface area contributed by atoms with E-state index in [9.17, 15) is 9.59 Å². The molecule has 144 valence electrons. The Bertz CT molecular complexity index is 764. The number of nitrogens with one attached hydrogen (secondary N) is 1. The van der Waals surface area contributed by atoms with E-state index in [4.69, 9.17) is 4.74 Å². The third-order valence-electron chi connectivity index (χ3n) is 4.76. The van der Waals surface area contributed by atoms with E-state index in [2.05, 4.69) is 17.2 Å². The van der Waals surface area contributed by atoms with Crippen molar-refractivity contribution in [2.24, 2.45) is 5.92 Å². The van der Waals surface area contributed by atoms with Crippen molar-refractivity contribution in [1.29, 1.82) is 0 Å². The average Bonchev–Trinajstić information content (AvgIpc) is 3.20. The smallest absolute Gasteiger partial charge is 0.339 e. The van der Waals surface area contributed by atoms with E-state index in [1.165, 1.54) is 18.2 Å². The molecule has 0 bridgehead atoms. The van der Waals surface area contributed by atoms with Gasteiger partial charge in [-0.05, 0) is 30.9 Å². The molecule has 0 unspecified atom stereocenters. The number of carbonyl (C=O) groups excluding carboxylic acids is 2. The molecule has 0 aliphatic heterocycles. The van der Waals surface area contributed by atoms with E-state index in [1.54, 1.807) is 29.0 Å². The number of thiazole rings is 1. The fourth-order valence-corrected chi connectivity index (χ4v) is 4.82. The minimum Gasteiger partial charge on any atom is -0.452 e. The fraction of sp³-hybridized carbons (Fsp3) is 0.450. The van der Waals surface area contributed by atoms with Crippen molar-refractivity contribution in [3.05, 3.63) is 46.4 Å². The SMILES string of the molecule is C[C@@H]1CCCC[C@H]1NC(=O)COC(=O)c1ccccc1SCc1cscn1. The number of esters is 1. The molecule has 0 spiro atoms. The van der Waals surface area contributed by atoms with E-state index in [-0.39, 0.29) is 18.6 Å². The number of thioether (sulfide) groups is 1. The lowest BCUT2D eigenvalue weighted by molar-refractivity contribution is -0.125. The summed E-state index contributed by atoms with van der Waals surface area (Å²) in [6.45, 7) is 1.92. The summed E-state index contributed by atoms with van der Waals surface area (Å²) in [6.07, 6.45) is 4.49. The van der Waals surface area contributed by atoms with Crippen LogP contribution in [0.15, 0.2) is 40.1 Å². The number of carbonyl (C=O) groups is 2. The summed E-state index contributed by atoms with van der Waals surface area (Å²) in [5.74, 6) is 0.465. The number of nitrogens with zero attached hydrogens (tertiary/aromatic N) is 1. The van der Waals surface area contributed by atoms with Crippen molar-refractivity contribution in [3.8, 4) is 0 Å². The molecule has 7 heteroatoms. The van der Waals surface area contributed by atoms with Crippen LogP contribution in [0.1, 0.15) is 48.7 Å². The molecule has 0 radical (unpaired) electrons. The summed E-state index contributed by atoms with van der Waals surface area (Å²) in [4.78, 5) is 29.7. The van der Waals surface area contributed by atoms with E-state index >= 15 is 0 Å². The van der Waals surface area contributed by atoms with Gasteiger partial charge >= 0.3 is 5.97 Å². The standard InChI is InChI=1S/C20H24N2O3S2/c1-14-6-2-4-8-17(14)22-19(23)10-25-20(24)16-7-3-5-9-18(16)27-12-15-11-26-13-21-15/h3,5,7,9,11,13-14,17H,2,4,6,8,10,12H2,1H3,(H,22,23)/t14-,17-/m1/s1. The van der Waals surface area contributed by atoms with Gasteiger partial charge in [-0.25, -0.2) is 9.78 Å². The van der Waals surface area contributed by atoms with Gasteiger partial charge in [-0.3, -0.25) is 4.79 Å². The van der Waals surface area contributed by atoms with Gasteiger partial charge in [-0.2, -0.15) is 0 Å². The molecule has 1 heterocycles. The van der Waals surface area contributed by atoms with E-state index in [0.29, 0.717) is 17.2 Å². The maximum atomic E-state index is 12.5. The van der Waals surface area contributed by atoms with E-state index < -0.39 is 5.97 Å². The Morgan fingerprint density at radius 3 is 2.89 bits per heavy atom. The lowest BCUT2D eigenvalue weighted by Gasteiger charge is -2.29. The molecule has 5 nitrogen and oxygen atoms in total. The van der Waals surface area contributed by atoms with Gasteiger partial charge < -0.3 is 10.1 Å². The molecule has 1 aromatic heterocycles. The molecule has 1 amide bonds. The molecule has 27 heavy (non-hydrogen) atoms. The average molecular weight is 405 g/mol. The van der Waals surface area contributed by atoms with E-state index in [0.717, 1.165) is 29.9 Å². The Labute approximate surface area is 167 Å². The first kappa shape index (κ1) is 19.9. The molecule has 1 N–H and O–H groups in total. The maximum absolute atomic E-state index is 12.5. The van der Waals surface area contributed by atoms with Crippen LogP contribution in [0, 0.1) is 5.92 Å². The van der Waals surface area contributed by atoms with Gasteiger partial charge in [0, 0.05) is 22.1 Å². The molecule has 0 saturated heterocycles. The molecule has 1 fully saturated rings. The first-order chi connectivity index (χ1) is 13.1. The number of aromatic nitrogens is 1. The highest BCUT2D eigenvalue weighted by Crippen LogP contribution is 2.27. The number of hydrogen-bond donors (Lipinski definition) is 1. The zero-order valence-electron chi connectivity index (χ0n) is 15.3. The Hall–Kier alpha value is -1.86. The first-order valence-corrected chi connectivity index (χ1v) is 11.1. The third-order valence-corrected chi connectivity index (χ3v) is 6.50. The third kappa shape index (κ3) is 5.81. The first-order valence-electron chi connectivity index (χ1n) is 9.19. The van der Waals surface area contributed by atoms with Crippen LogP contribution in [0.25, 0.3) is 0 Å². The molecule has 2 aromatic rings. The topological polar surface area (TPSA) is 68.3 Å². The Morgan fingerprint density at radius 2 is 2.11 bits per heavy atom. The second kappa shape index (κ2) is 9.90. The molecule has 1 aliphatic rings.